The second-order valence-electron chi connectivity index (χ2n) is 7.64. The average molecular weight is 408 g/mol. The van der Waals surface area contributed by atoms with Gasteiger partial charge in [0.15, 0.2) is 0 Å². The maximum atomic E-state index is 11.3. The first-order valence-corrected chi connectivity index (χ1v) is 10.9. The Bertz CT molecular complexity index is 709. The van der Waals surface area contributed by atoms with Gasteiger partial charge in [-0.15, -0.1) is 11.3 Å². The second kappa shape index (κ2) is 9.26. The number of likely N-dealkylation sites (tertiary alicyclic amines) is 1. The highest BCUT2D eigenvalue weighted by Crippen LogP contribution is 2.44. The van der Waals surface area contributed by atoms with Crippen molar-refractivity contribution in [2.24, 2.45) is 11.6 Å². The van der Waals surface area contributed by atoms with E-state index in [-0.39, 0.29) is 11.5 Å². The van der Waals surface area contributed by atoms with Gasteiger partial charge in [0.25, 0.3) is 0 Å². The number of carbonyl (C=O) groups is 1. The summed E-state index contributed by atoms with van der Waals surface area (Å²) in [6.07, 6.45) is 6.21. The van der Waals surface area contributed by atoms with Gasteiger partial charge < -0.3 is 20.8 Å². The number of nitrogens with one attached hydrogen (secondary N) is 1. The Morgan fingerprint density at radius 1 is 1.46 bits per heavy atom. The molecule has 3 heterocycles. The predicted molar refractivity (Wildman–Crippen MR) is 113 cm³/mol. The molecule has 0 unspecified atom stereocenters. The average Bonchev–Trinajstić information content (AvgIpc) is 3.13. The molecule has 0 atom stereocenters. The van der Waals surface area contributed by atoms with Crippen molar-refractivity contribution < 1.29 is 9.53 Å². The van der Waals surface area contributed by atoms with Gasteiger partial charge in [-0.25, -0.2) is 5.84 Å². The van der Waals surface area contributed by atoms with Crippen LogP contribution in [-0.4, -0.2) is 55.6 Å². The number of carbonyl (C=O) groups excluding carboxylic acids is 1. The lowest BCUT2D eigenvalue weighted by Gasteiger charge is -2.44. The molecule has 1 saturated heterocycles. The molecular formula is C20H33N5O2S. The zero-order valence-corrected chi connectivity index (χ0v) is 17.8. The molecule has 0 aromatic carbocycles. The molecule has 2 aliphatic rings. The van der Waals surface area contributed by atoms with Crippen molar-refractivity contribution in [2.45, 2.75) is 44.6 Å². The Kier molecular flexibility index (Phi) is 6.98. The Morgan fingerprint density at radius 3 is 2.89 bits per heavy atom. The summed E-state index contributed by atoms with van der Waals surface area (Å²) in [6, 6.07) is 2.38. The zero-order chi connectivity index (χ0) is 20.1. The van der Waals surface area contributed by atoms with Gasteiger partial charge in [-0.1, -0.05) is 6.92 Å². The van der Waals surface area contributed by atoms with E-state index in [4.69, 9.17) is 16.3 Å². The number of nitrogens with two attached hydrogens (primary N) is 2. The van der Waals surface area contributed by atoms with Crippen molar-refractivity contribution in [3.63, 3.8) is 0 Å². The Balaban J connectivity index is 1.54. The number of rotatable bonds is 7. The quantitative estimate of drug-likeness (QED) is 0.465. The van der Waals surface area contributed by atoms with Crippen LogP contribution in [-0.2, 0) is 28.0 Å². The third kappa shape index (κ3) is 4.86. The molecule has 0 radical (unpaired) electrons. The fourth-order valence-corrected chi connectivity index (χ4v) is 5.24. The highest BCUT2D eigenvalue weighted by atomic mass is 32.1. The smallest absolute Gasteiger partial charge is 0.221 e. The number of amides is 1. The number of hydrogen-bond donors (Lipinski definition) is 3. The van der Waals surface area contributed by atoms with Crippen LogP contribution in [0.5, 0.6) is 0 Å². The molecular weight excluding hydrogens is 374 g/mol. The molecule has 0 bridgehead atoms. The molecule has 1 fully saturated rings. The summed E-state index contributed by atoms with van der Waals surface area (Å²) in [6.45, 7) is 6.07. The van der Waals surface area contributed by atoms with Crippen LogP contribution in [0.15, 0.2) is 18.0 Å². The third-order valence-corrected chi connectivity index (χ3v) is 7.02. The molecule has 1 spiro atoms. The van der Waals surface area contributed by atoms with E-state index in [2.05, 4.69) is 23.2 Å². The first-order chi connectivity index (χ1) is 13.5. The SMILES string of the molecule is CCc1cc2c(s1)CCOC21CCN(C/C(N)=C/N(N)CCC(=O)NC)CC1. The predicted octanol–water partition coefficient (Wildman–Crippen LogP) is 1.29. The van der Waals surface area contributed by atoms with Crippen LogP contribution >= 0.6 is 11.3 Å². The van der Waals surface area contributed by atoms with E-state index >= 15 is 0 Å². The number of thiophene rings is 1. The molecule has 3 rings (SSSR count). The number of piperidine rings is 1. The summed E-state index contributed by atoms with van der Waals surface area (Å²) < 4.78 is 6.34. The summed E-state index contributed by atoms with van der Waals surface area (Å²) in [7, 11) is 1.62. The Morgan fingerprint density at radius 2 is 2.21 bits per heavy atom. The van der Waals surface area contributed by atoms with Crippen LogP contribution < -0.4 is 16.9 Å². The first-order valence-electron chi connectivity index (χ1n) is 10.1. The summed E-state index contributed by atoms with van der Waals surface area (Å²) >= 11 is 1.96. The van der Waals surface area contributed by atoms with Crippen molar-refractivity contribution in [1.82, 2.24) is 15.2 Å². The Labute approximate surface area is 171 Å². The van der Waals surface area contributed by atoms with E-state index in [1.807, 2.05) is 11.3 Å². The third-order valence-electron chi connectivity index (χ3n) is 5.68. The molecule has 1 amide bonds. The Hall–Kier alpha value is -1.61. The molecule has 156 valence electrons. The number of hydrazine groups is 1. The van der Waals surface area contributed by atoms with Crippen LogP contribution in [0.2, 0.25) is 0 Å². The number of hydrogen-bond acceptors (Lipinski definition) is 7. The van der Waals surface area contributed by atoms with E-state index in [1.165, 1.54) is 20.3 Å². The van der Waals surface area contributed by atoms with Crippen LogP contribution in [0.4, 0.5) is 0 Å². The van der Waals surface area contributed by atoms with Crippen molar-refractivity contribution in [3.05, 3.63) is 33.3 Å². The minimum atomic E-state index is -0.111. The highest BCUT2D eigenvalue weighted by Gasteiger charge is 2.41. The molecule has 2 aliphatic heterocycles. The van der Waals surface area contributed by atoms with Crippen molar-refractivity contribution >= 4 is 17.2 Å². The van der Waals surface area contributed by atoms with Gasteiger partial charge in [-0.05, 0) is 30.9 Å². The molecule has 5 N–H and O–H groups in total. The summed E-state index contributed by atoms with van der Waals surface area (Å²) in [4.78, 5) is 16.6. The standard InChI is InChI=1S/C20H33N5O2S/c1-3-16-12-17-18(28-16)5-11-27-20(17)6-9-24(10-7-20)13-15(21)14-25(22)8-4-19(26)23-2/h12,14H,3-11,13,21-22H2,1-2H3,(H,23,26)/b15-14-. The topological polar surface area (TPSA) is 96.8 Å². The van der Waals surface area contributed by atoms with E-state index in [0.29, 0.717) is 25.2 Å². The van der Waals surface area contributed by atoms with Gasteiger partial charge in [0.1, 0.15) is 0 Å². The lowest BCUT2D eigenvalue weighted by atomic mass is 9.82. The van der Waals surface area contributed by atoms with Gasteiger partial charge in [0.2, 0.25) is 5.91 Å². The maximum Gasteiger partial charge on any atom is 0.221 e. The van der Waals surface area contributed by atoms with E-state index in [0.717, 1.165) is 45.4 Å². The lowest BCUT2D eigenvalue weighted by Crippen LogP contribution is -2.47. The number of ether oxygens (including phenoxy) is 1. The fraction of sp³-hybridized carbons (Fsp3) is 0.650. The molecule has 0 saturated carbocycles. The highest BCUT2D eigenvalue weighted by molar-refractivity contribution is 7.12. The summed E-state index contributed by atoms with van der Waals surface area (Å²) in [5.74, 6) is 5.89. The second-order valence-corrected chi connectivity index (χ2v) is 8.86. The number of fused-ring (bicyclic) bond motifs is 2. The van der Waals surface area contributed by atoms with Gasteiger partial charge >= 0.3 is 0 Å². The first kappa shape index (κ1) is 21.1. The summed E-state index contributed by atoms with van der Waals surface area (Å²) in [5, 5.41) is 4.08. The fourth-order valence-electron chi connectivity index (χ4n) is 4.06. The van der Waals surface area contributed by atoms with Gasteiger partial charge in [0.05, 0.1) is 12.2 Å². The molecule has 1 aromatic heterocycles. The van der Waals surface area contributed by atoms with Crippen LogP contribution in [0, 0.1) is 0 Å². The van der Waals surface area contributed by atoms with Gasteiger partial charge in [0, 0.05) is 67.7 Å². The van der Waals surface area contributed by atoms with Crippen LogP contribution in [0.3, 0.4) is 0 Å². The lowest BCUT2D eigenvalue weighted by molar-refractivity contribution is -0.120. The van der Waals surface area contributed by atoms with Crippen LogP contribution in [0.1, 0.15) is 41.5 Å². The van der Waals surface area contributed by atoms with Crippen LogP contribution in [0.25, 0.3) is 0 Å². The minimum absolute atomic E-state index is 0.0322. The van der Waals surface area contributed by atoms with Crippen molar-refractivity contribution in [2.75, 3.05) is 39.8 Å². The van der Waals surface area contributed by atoms with Crippen molar-refractivity contribution in [3.8, 4) is 0 Å². The summed E-state index contributed by atoms with van der Waals surface area (Å²) in [5.41, 5.74) is 8.22. The van der Waals surface area contributed by atoms with E-state index in [1.54, 1.807) is 13.2 Å². The largest absolute Gasteiger partial charge is 0.400 e. The maximum absolute atomic E-state index is 11.3. The minimum Gasteiger partial charge on any atom is -0.400 e. The van der Waals surface area contributed by atoms with E-state index < -0.39 is 0 Å². The zero-order valence-electron chi connectivity index (χ0n) is 17.0. The molecule has 8 heteroatoms. The number of aryl methyl sites for hydroxylation is 1. The monoisotopic (exact) mass is 407 g/mol. The molecule has 7 nitrogen and oxygen atoms in total. The van der Waals surface area contributed by atoms with Gasteiger partial charge in [-0.2, -0.15) is 0 Å². The molecule has 1 aromatic rings. The normalized spacial score (nSPS) is 19.5. The molecule has 0 aliphatic carbocycles. The van der Waals surface area contributed by atoms with Gasteiger partial charge in [-0.3, -0.25) is 9.69 Å². The van der Waals surface area contributed by atoms with Crippen molar-refractivity contribution in [1.29, 1.82) is 0 Å². The number of nitrogens with zero attached hydrogens (tertiary/aromatic N) is 2. The van der Waals surface area contributed by atoms with E-state index in [9.17, 15) is 4.79 Å². The molecule has 28 heavy (non-hydrogen) atoms.